The van der Waals surface area contributed by atoms with Crippen LogP contribution >= 0.6 is 11.3 Å². The molecule has 264 valence electrons. The first-order chi connectivity index (χ1) is 24.9. The molecular formula is C39H41N5O6S. The number of amides is 1. The van der Waals surface area contributed by atoms with Crippen molar-refractivity contribution in [2.45, 2.75) is 26.1 Å². The lowest BCUT2D eigenvalue weighted by atomic mass is 10.1. The highest BCUT2D eigenvalue weighted by atomic mass is 32.1. The number of benzene rings is 4. The largest absolute Gasteiger partial charge is 0.493 e. The number of aromatic nitrogens is 1. The van der Waals surface area contributed by atoms with Crippen molar-refractivity contribution in [1.29, 1.82) is 0 Å². The van der Waals surface area contributed by atoms with E-state index in [0.29, 0.717) is 63.1 Å². The van der Waals surface area contributed by atoms with Gasteiger partial charge in [-0.05, 0) is 59.5 Å². The van der Waals surface area contributed by atoms with Gasteiger partial charge in [0.25, 0.3) is 11.6 Å². The third kappa shape index (κ3) is 9.41. The molecule has 2 heterocycles. The Morgan fingerprint density at radius 1 is 0.843 bits per heavy atom. The lowest BCUT2D eigenvalue weighted by molar-refractivity contribution is -0.384. The smallest absolute Gasteiger partial charge is 0.273 e. The molecular weight excluding hydrogens is 667 g/mol. The van der Waals surface area contributed by atoms with Crippen LogP contribution in [0.4, 0.5) is 11.4 Å². The summed E-state index contributed by atoms with van der Waals surface area (Å²) in [5.74, 6) is 2.13. The van der Waals surface area contributed by atoms with Crippen LogP contribution < -0.4 is 19.1 Å². The number of hydrogen-bond acceptors (Lipinski definition) is 10. The first kappa shape index (κ1) is 35.4. The molecule has 51 heavy (non-hydrogen) atoms. The molecule has 1 fully saturated rings. The van der Waals surface area contributed by atoms with Crippen LogP contribution in [-0.2, 0) is 26.1 Å². The summed E-state index contributed by atoms with van der Waals surface area (Å²) in [5.41, 5.74) is 4.82. The van der Waals surface area contributed by atoms with Crippen molar-refractivity contribution in [3.05, 3.63) is 140 Å². The Hall–Kier alpha value is -5.46. The van der Waals surface area contributed by atoms with Crippen molar-refractivity contribution in [3.8, 4) is 17.2 Å². The number of nitro benzene ring substituents is 1. The topological polar surface area (TPSA) is 111 Å². The molecule has 1 aliphatic heterocycles. The molecule has 0 bridgehead atoms. The second kappa shape index (κ2) is 17.0. The summed E-state index contributed by atoms with van der Waals surface area (Å²) in [4.78, 5) is 35.2. The van der Waals surface area contributed by atoms with Crippen molar-refractivity contribution in [3.63, 3.8) is 0 Å². The highest BCUT2D eigenvalue weighted by Gasteiger charge is 2.25. The molecule has 1 aromatic heterocycles. The van der Waals surface area contributed by atoms with Gasteiger partial charge in [-0.3, -0.25) is 19.8 Å². The molecule has 0 atom stereocenters. The Labute approximate surface area is 301 Å². The van der Waals surface area contributed by atoms with Crippen LogP contribution in [0.2, 0.25) is 0 Å². The van der Waals surface area contributed by atoms with Gasteiger partial charge in [-0.15, -0.1) is 11.3 Å². The van der Waals surface area contributed by atoms with Gasteiger partial charge in [0.1, 0.15) is 23.1 Å². The molecule has 12 heteroatoms. The molecule has 1 amide bonds. The van der Waals surface area contributed by atoms with E-state index in [4.69, 9.17) is 19.2 Å². The molecule has 6 rings (SSSR count). The summed E-state index contributed by atoms with van der Waals surface area (Å²) in [6, 6.07) is 30.8. The van der Waals surface area contributed by atoms with E-state index in [9.17, 15) is 14.9 Å². The minimum Gasteiger partial charge on any atom is -0.493 e. The van der Waals surface area contributed by atoms with Crippen molar-refractivity contribution < 1.29 is 23.9 Å². The Kier molecular flexibility index (Phi) is 11.8. The van der Waals surface area contributed by atoms with Crippen LogP contribution in [0.1, 0.15) is 32.2 Å². The van der Waals surface area contributed by atoms with Gasteiger partial charge in [0, 0.05) is 62.5 Å². The molecule has 0 unspecified atom stereocenters. The quantitative estimate of drug-likeness (QED) is 0.0852. The summed E-state index contributed by atoms with van der Waals surface area (Å²) in [6.07, 6.45) is 0.787. The highest BCUT2D eigenvalue weighted by molar-refractivity contribution is 7.09. The van der Waals surface area contributed by atoms with E-state index in [1.54, 1.807) is 26.4 Å². The van der Waals surface area contributed by atoms with E-state index >= 15 is 0 Å². The number of nitrogens with zero attached hydrogens (tertiary/aromatic N) is 5. The molecule has 0 spiro atoms. The standard InChI is InChI=1S/C39H41N5O6S/c1-48-36-17-10-29(24-37(36)49-2)18-19-41(25-30-8-15-34(16-9-30)50-27-31-6-4-3-5-7-31)26-38-40-35(28-51-38)39(45)43-22-20-42(21-23-43)32-11-13-33(14-12-32)44(46)47/h3-17,24,28H,18-23,25-27H2,1-2H3. The normalized spacial score (nSPS) is 12.9. The lowest BCUT2D eigenvalue weighted by Gasteiger charge is -2.35. The molecule has 1 saturated heterocycles. The van der Waals surface area contributed by atoms with Crippen molar-refractivity contribution in [2.24, 2.45) is 0 Å². The van der Waals surface area contributed by atoms with Crippen LogP contribution in [-0.4, -0.2) is 72.6 Å². The summed E-state index contributed by atoms with van der Waals surface area (Å²) >= 11 is 1.50. The molecule has 0 aliphatic carbocycles. The zero-order chi connectivity index (χ0) is 35.6. The maximum absolute atomic E-state index is 13.5. The number of carbonyl (C=O) groups excluding carboxylic acids is 1. The zero-order valence-corrected chi connectivity index (χ0v) is 29.6. The Morgan fingerprint density at radius 2 is 1.55 bits per heavy atom. The maximum atomic E-state index is 13.5. The van der Waals surface area contributed by atoms with Gasteiger partial charge in [-0.25, -0.2) is 4.98 Å². The van der Waals surface area contributed by atoms with Gasteiger partial charge in [0.2, 0.25) is 0 Å². The number of piperazine rings is 1. The summed E-state index contributed by atoms with van der Waals surface area (Å²) in [5, 5.41) is 13.7. The van der Waals surface area contributed by atoms with Gasteiger partial charge < -0.3 is 24.0 Å². The number of carbonyl (C=O) groups is 1. The number of hydrogen-bond donors (Lipinski definition) is 0. The Balaban J connectivity index is 1.09. The number of thiazole rings is 1. The number of ether oxygens (including phenoxy) is 3. The minimum absolute atomic E-state index is 0.0634. The summed E-state index contributed by atoms with van der Waals surface area (Å²) < 4.78 is 17.0. The van der Waals surface area contributed by atoms with Crippen LogP contribution in [0, 0.1) is 10.1 Å². The highest BCUT2D eigenvalue weighted by Crippen LogP contribution is 2.28. The maximum Gasteiger partial charge on any atom is 0.273 e. The van der Waals surface area contributed by atoms with E-state index in [0.717, 1.165) is 46.1 Å². The predicted molar refractivity (Wildman–Crippen MR) is 198 cm³/mol. The number of anilines is 1. The molecule has 0 saturated carbocycles. The van der Waals surface area contributed by atoms with Crippen molar-refractivity contribution in [1.82, 2.24) is 14.8 Å². The van der Waals surface area contributed by atoms with Crippen LogP contribution in [0.5, 0.6) is 17.2 Å². The SMILES string of the molecule is COc1ccc(CCN(Cc2ccc(OCc3ccccc3)cc2)Cc2nc(C(=O)N3CCN(c4ccc([N+](=O)[O-])cc4)CC3)cs2)cc1OC. The predicted octanol–water partition coefficient (Wildman–Crippen LogP) is 6.85. The van der Waals surface area contributed by atoms with E-state index in [-0.39, 0.29) is 11.6 Å². The number of rotatable bonds is 15. The average Bonchev–Trinajstić information content (AvgIpc) is 3.65. The first-order valence-corrected chi connectivity index (χ1v) is 17.7. The fourth-order valence-electron chi connectivity index (χ4n) is 6.02. The van der Waals surface area contributed by atoms with E-state index < -0.39 is 4.92 Å². The first-order valence-electron chi connectivity index (χ1n) is 16.8. The zero-order valence-electron chi connectivity index (χ0n) is 28.8. The summed E-state index contributed by atoms with van der Waals surface area (Å²) in [7, 11) is 3.27. The third-order valence-corrected chi connectivity index (χ3v) is 9.70. The Bertz CT molecular complexity index is 1890. The van der Waals surface area contributed by atoms with Gasteiger partial charge >= 0.3 is 0 Å². The second-order valence-corrected chi connectivity index (χ2v) is 13.2. The molecule has 4 aromatic carbocycles. The minimum atomic E-state index is -0.402. The molecule has 11 nitrogen and oxygen atoms in total. The molecule has 1 aliphatic rings. The Morgan fingerprint density at radius 3 is 2.24 bits per heavy atom. The lowest BCUT2D eigenvalue weighted by Crippen LogP contribution is -2.48. The number of nitro groups is 1. The molecule has 5 aromatic rings. The monoisotopic (exact) mass is 707 g/mol. The van der Waals surface area contributed by atoms with Crippen molar-refractivity contribution >= 4 is 28.6 Å². The average molecular weight is 708 g/mol. The van der Waals surface area contributed by atoms with Gasteiger partial charge in [0.15, 0.2) is 11.5 Å². The fraction of sp³-hybridized carbons (Fsp3) is 0.282. The summed E-state index contributed by atoms with van der Waals surface area (Å²) in [6.45, 7) is 4.93. The number of methoxy groups -OCH3 is 2. The van der Waals surface area contributed by atoms with Crippen LogP contribution in [0.25, 0.3) is 0 Å². The van der Waals surface area contributed by atoms with Gasteiger partial charge in [-0.2, -0.15) is 0 Å². The number of non-ortho nitro benzene ring substituents is 1. The third-order valence-electron chi connectivity index (χ3n) is 8.86. The van der Waals surface area contributed by atoms with E-state index in [1.165, 1.54) is 23.5 Å². The van der Waals surface area contributed by atoms with Crippen molar-refractivity contribution in [2.75, 3.05) is 51.8 Å². The van der Waals surface area contributed by atoms with E-state index in [1.807, 2.05) is 64.9 Å². The van der Waals surface area contributed by atoms with E-state index in [2.05, 4.69) is 28.0 Å². The van der Waals surface area contributed by atoms with Gasteiger partial charge in [-0.1, -0.05) is 48.5 Å². The molecule has 0 N–H and O–H groups in total. The molecule has 0 radical (unpaired) electrons. The fourth-order valence-corrected chi connectivity index (χ4v) is 6.82. The van der Waals surface area contributed by atoms with Gasteiger partial charge in [0.05, 0.1) is 25.7 Å². The van der Waals surface area contributed by atoms with Crippen LogP contribution in [0.15, 0.2) is 102 Å². The van der Waals surface area contributed by atoms with Crippen LogP contribution in [0.3, 0.4) is 0 Å². The second-order valence-electron chi connectivity index (χ2n) is 12.2.